The first kappa shape index (κ1) is 43.2. The summed E-state index contributed by atoms with van der Waals surface area (Å²) in [7, 11) is -4.67. The molecule has 0 atom stereocenters. The quantitative estimate of drug-likeness (QED) is 0.0664. The van der Waals surface area contributed by atoms with E-state index in [1.807, 2.05) is 0 Å². The van der Waals surface area contributed by atoms with Gasteiger partial charge in [0.2, 0.25) is 0 Å². The molecule has 0 aromatic carbocycles. The van der Waals surface area contributed by atoms with Crippen molar-refractivity contribution >= 4 is 10.4 Å². The van der Waals surface area contributed by atoms with Crippen LogP contribution >= 0.6 is 0 Å². The number of nitrogens with two attached hydrogens (primary N) is 2. The third-order valence-electron chi connectivity index (χ3n) is 6.85. The van der Waals surface area contributed by atoms with E-state index in [0.29, 0.717) is 0 Å². The zero-order valence-electron chi connectivity index (χ0n) is 27.2. The third-order valence-corrected chi connectivity index (χ3v) is 6.85. The molecule has 0 aromatic rings. The normalized spacial score (nSPS) is 11.9. The topological polar surface area (TPSA) is 127 Å². The number of unbranched alkanes of at least 4 members (excludes halogenated alkanes) is 20. The minimum Gasteiger partial charge on any atom is -0.326 e. The van der Waals surface area contributed by atoms with Gasteiger partial charge < -0.3 is 11.5 Å². The lowest BCUT2D eigenvalue weighted by Crippen LogP contribution is -2.31. The largest absolute Gasteiger partial charge is 0.394 e. The SMILES string of the molecule is CCCCCCCCCCCCCC(C)(C)N.CCCCCCCCCCCCCC(C)(C)N.O=S(=O)(O)O. The Hall–Kier alpha value is -0.210. The van der Waals surface area contributed by atoms with Gasteiger partial charge in [0.05, 0.1) is 0 Å². The average molecular weight is 581 g/mol. The maximum Gasteiger partial charge on any atom is 0.394 e. The van der Waals surface area contributed by atoms with Crippen molar-refractivity contribution in [2.45, 2.75) is 207 Å². The van der Waals surface area contributed by atoms with Crippen LogP contribution in [0.25, 0.3) is 0 Å². The first-order valence-corrected chi connectivity index (χ1v) is 17.8. The highest BCUT2D eigenvalue weighted by Crippen LogP contribution is 2.16. The maximum absolute atomic E-state index is 8.74. The molecular formula is C32H72N2O4S. The van der Waals surface area contributed by atoms with Crippen molar-refractivity contribution in [3.63, 3.8) is 0 Å². The molecule has 6 N–H and O–H groups in total. The van der Waals surface area contributed by atoms with Crippen molar-refractivity contribution < 1.29 is 17.5 Å². The fraction of sp³-hybridized carbons (Fsp3) is 1.00. The molecule has 0 aliphatic rings. The summed E-state index contributed by atoms with van der Waals surface area (Å²) in [5, 5.41) is 0. The molecule has 0 aliphatic heterocycles. The van der Waals surface area contributed by atoms with Crippen LogP contribution in [0.1, 0.15) is 196 Å². The molecule has 240 valence electrons. The molecule has 0 saturated carbocycles. The Morgan fingerprint density at radius 3 is 0.744 bits per heavy atom. The molecule has 0 fully saturated rings. The van der Waals surface area contributed by atoms with E-state index in [-0.39, 0.29) is 11.1 Å². The van der Waals surface area contributed by atoms with Crippen molar-refractivity contribution in [2.24, 2.45) is 11.5 Å². The zero-order chi connectivity index (χ0) is 30.5. The van der Waals surface area contributed by atoms with Gasteiger partial charge >= 0.3 is 10.4 Å². The molecule has 0 radical (unpaired) electrons. The highest BCUT2D eigenvalue weighted by molar-refractivity contribution is 7.79. The summed E-state index contributed by atoms with van der Waals surface area (Å²) in [6.45, 7) is 13.1. The minimum absolute atomic E-state index is 0.0410. The summed E-state index contributed by atoms with van der Waals surface area (Å²) < 4.78 is 31.6. The lowest BCUT2D eigenvalue weighted by Gasteiger charge is -2.17. The van der Waals surface area contributed by atoms with Crippen LogP contribution in [0.3, 0.4) is 0 Å². The van der Waals surface area contributed by atoms with Crippen molar-refractivity contribution in [1.82, 2.24) is 0 Å². The maximum atomic E-state index is 8.74. The van der Waals surface area contributed by atoms with E-state index in [1.165, 1.54) is 154 Å². The van der Waals surface area contributed by atoms with Crippen LogP contribution in [0.2, 0.25) is 0 Å². The predicted molar refractivity (Wildman–Crippen MR) is 173 cm³/mol. The second kappa shape index (κ2) is 29.3. The van der Waals surface area contributed by atoms with Gasteiger partial charge in [0.25, 0.3) is 0 Å². The summed E-state index contributed by atoms with van der Waals surface area (Å²) in [5.74, 6) is 0. The number of rotatable bonds is 24. The first-order valence-electron chi connectivity index (χ1n) is 16.4. The van der Waals surface area contributed by atoms with Gasteiger partial charge in [0.1, 0.15) is 0 Å². The fourth-order valence-corrected chi connectivity index (χ4v) is 4.49. The van der Waals surface area contributed by atoms with Crippen LogP contribution in [0, 0.1) is 0 Å². The Morgan fingerprint density at radius 2 is 0.590 bits per heavy atom. The molecule has 0 spiro atoms. The standard InChI is InChI=1S/2C16H35N.H2O4S/c2*1-4-5-6-7-8-9-10-11-12-13-14-15-16(2,3)17;1-5(2,3)4/h2*4-15,17H2,1-3H3;(H2,1,2,3,4). The first-order chi connectivity index (χ1) is 18.1. The molecule has 7 heteroatoms. The molecule has 6 nitrogen and oxygen atoms in total. The lowest BCUT2D eigenvalue weighted by molar-refractivity contribution is 0.381. The van der Waals surface area contributed by atoms with Gasteiger partial charge in [-0.3, -0.25) is 9.11 Å². The van der Waals surface area contributed by atoms with E-state index in [0.717, 1.165) is 0 Å². The zero-order valence-corrected chi connectivity index (χ0v) is 28.1. The van der Waals surface area contributed by atoms with E-state index in [4.69, 9.17) is 29.0 Å². The van der Waals surface area contributed by atoms with Crippen LogP contribution in [-0.4, -0.2) is 28.6 Å². The van der Waals surface area contributed by atoms with Gasteiger partial charge in [-0.2, -0.15) is 8.42 Å². The Balaban J connectivity index is -0.000000566. The summed E-state index contributed by atoms with van der Waals surface area (Å²) in [6.07, 6.45) is 33.4. The lowest BCUT2D eigenvalue weighted by atomic mass is 9.97. The van der Waals surface area contributed by atoms with Crippen LogP contribution in [0.5, 0.6) is 0 Å². The van der Waals surface area contributed by atoms with Crippen molar-refractivity contribution in [3.05, 3.63) is 0 Å². The number of hydrogen-bond acceptors (Lipinski definition) is 4. The smallest absolute Gasteiger partial charge is 0.326 e. The average Bonchev–Trinajstić information content (AvgIpc) is 2.79. The van der Waals surface area contributed by atoms with E-state index in [2.05, 4.69) is 41.5 Å². The Bertz CT molecular complexity index is 526. The summed E-state index contributed by atoms with van der Waals surface area (Å²) in [5.41, 5.74) is 12.0. The van der Waals surface area contributed by atoms with Crippen molar-refractivity contribution in [1.29, 1.82) is 0 Å². The molecule has 0 aliphatic carbocycles. The molecule has 0 aromatic heterocycles. The fourth-order valence-electron chi connectivity index (χ4n) is 4.49. The molecule has 0 unspecified atom stereocenters. The van der Waals surface area contributed by atoms with E-state index in [1.54, 1.807) is 0 Å². The highest BCUT2D eigenvalue weighted by Gasteiger charge is 2.09. The molecule has 0 rings (SSSR count). The van der Waals surface area contributed by atoms with Gasteiger partial charge in [-0.15, -0.1) is 0 Å². The predicted octanol–water partition coefficient (Wildman–Crippen LogP) is 10.2. The second-order valence-corrected chi connectivity index (χ2v) is 13.9. The molecule has 0 bridgehead atoms. The Labute approximate surface area is 245 Å². The number of hydrogen-bond donors (Lipinski definition) is 4. The van der Waals surface area contributed by atoms with Gasteiger partial charge in [0, 0.05) is 11.1 Å². The molecule has 0 heterocycles. The van der Waals surface area contributed by atoms with Crippen LogP contribution in [0.15, 0.2) is 0 Å². The van der Waals surface area contributed by atoms with E-state index >= 15 is 0 Å². The van der Waals surface area contributed by atoms with Crippen molar-refractivity contribution in [3.8, 4) is 0 Å². The molecule has 39 heavy (non-hydrogen) atoms. The highest BCUT2D eigenvalue weighted by atomic mass is 32.3. The monoisotopic (exact) mass is 581 g/mol. The summed E-state index contributed by atoms with van der Waals surface area (Å²) >= 11 is 0. The third kappa shape index (κ3) is 62.7. The van der Waals surface area contributed by atoms with Crippen LogP contribution in [0.4, 0.5) is 0 Å². The van der Waals surface area contributed by atoms with Crippen LogP contribution in [-0.2, 0) is 10.4 Å². The van der Waals surface area contributed by atoms with E-state index in [9.17, 15) is 0 Å². The van der Waals surface area contributed by atoms with Crippen LogP contribution < -0.4 is 11.5 Å². The molecule has 0 amide bonds. The van der Waals surface area contributed by atoms with Gasteiger partial charge in [0.15, 0.2) is 0 Å². The van der Waals surface area contributed by atoms with Gasteiger partial charge in [-0.05, 0) is 40.5 Å². The second-order valence-electron chi connectivity index (χ2n) is 13.0. The van der Waals surface area contributed by atoms with E-state index < -0.39 is 10.4 Å². The van der Waals surface area contributed by atoms with Crippen molar-refractivity contribution in [2.75, 3.05) is 0 Å². The molecule has 0 saturated heterocycles. The van der Waals surface area contributed by atoms with Gasteiger partial charge in [-0.25, -0.2) is 0 Å². The summed E-state index contributed by atoms with van der Waals surface area (Å²) in [6, 6.07) is 0. The Morgan fingerprint density at radius 1 is 0.436 bits per heavy atom. The summed E-state index contributed by atoms with van der Waals surface area (Å²) in [4.78, 5) is 0. The molecular weight excluding hydrogens is 508 g/mol. The van der Waals surface area contributed by atoms with Gasteiger partial charge in [-0.1, -0.05) is 155 Å². The Kier molecular flexibility index (Phi) is 32.5. The minimum atomic E-state index is -4.67.